The molecule has 74 valence electrons. The maximum absolute atomic E-state index is 4.17. The molecule has 0 aromatic carbocycles. The summed E-state index contributed by atoms with van der Waals surface area (Å²) in [6, 6.07) is 2.65. The number of aromatic nitrogens is 2. The van der Waals surface area contributed by atoms with Crippen molar-refractivity contribution in [2.75, 3.05) is 7.05 Å². The Morgan fingerprint density at radius 2 is 2.23 bits per heavy atom. The van der Waals surface area contributed by atoms with Gasteiger partial charge in [-0.15, -0.1) is 0 Å². The fourth-order valence-corrected chi connectivity index (χ4v) is 1.64. The van der Waals surface area contributed by atoms with Gasteiger partial charge >= 0.3 is 0 Å². The summed E-state index contributed by atoms with van der Waals surface area (Å²) in [5, 5.41) is 7.41. The van der Waals surface area contributed by atoms with E-state index in [1.54, 1.807) is 0 Å². The van der Waals surface area contributed by atoms with Gasteiger partial charge in [0.15, 0.2) is 0 Å². The van der Waals surface area contributed by atoms with Crippen LogP contribution in [0.3, 0.4) is 0 Å². The summed E-state index contributed by atoms with van der Waals surface area (Å²) in [5.74, 6) is 0.565. The molecular weight excluding hydrogens is 162 g/mol. The van der Waals surface area contributed by atoms with Crippen LogP contribution >= 0.6 is 0 Å². The molecule has 3 heteroatoms. The fraction of sp³-hybridized carbons (Fsp3) is 0.700. The van der Waals surface area contributed by atoms with E-state index in [9.17, 15) is 0 Å². The van der Waals surface area contributed by atoms with E-state index in [0.29, 0.717) is 12.0 Å². The van der Waals surface area contributed by atoms with Crippen molar-refractivity contribution in [1.29, 1.82) is 0 Å². The van der Waals surface area contributed by atoms with E-state index < -0.39 is 0 Å². The molecular formula is C10H19N3. The highest BCUT2D eigenvalue weighted by molar-refractivity contribution is 5.06. The quantitative estimate of drug-likeness (QED) is 0.763. The molecule has 1 aromatic heterocycles. The molecule has 1 N–H and O–H groups in total. The standard InChI is InChI=1S/C10H19N3/c1-8(7-9(2)11-3)10-5-6-12-13(10)4/h5-6,8-9,11H,7H2,1-4H3. The van der Waals surface area contributed by atoms with Crippen LogP contribution in [0.1, 0.15) is 31.9 Å². The molecule has 0 spiro atoms. The number of nitrogens with zero attached hydrogens (tertiary/aromatic N) is 2. The Balaban J connectivity index is 2.58. The van der Waals surface area contributed by atoms with Gasteiger partial charge in [-0.1, -0.05) is 6.92 Å². The highest BCUT2D eigenvalue weighted by Crippen LogP contribution is 2.19. The van der Waals surface area contributed by atoms with Gasteiger partial charge in [0, 0.05) is 25.0 Å². The van der Waals surface area contributed by atoms with Crippen molar-refractivity contribution in [3.05, 3.63) is 18.0 Å². The van der Waals surface area contributed by atoms with Crippen LogP contribution in [0.25, 0.3) is 0 Å². The minimum Gasteiger partial charge on any atom is -0.317 e. The van der Waals surface area contributed by atoms with Gasteiger partial charge in [-0.2, -0.15) is 5.10 Å². The van der Waals surface area contributed by atoms with Gasteiger partial charge in [-0.25, -0.2) is 0 Å². The lowest BCUT2D eigenvalue weighted by atomic mass is 9.99. The van der Waals surface area contributed by atoms with Crippen molar-refractivity contribution in [3.63, 3.8) is 0 Å². The van der Waals surface area contributed by atoms with Gasteiger partial charge in [0.25, 0.3) is 0 Å². The third-order valence-electron chi connectivity index (χ3n) is 2.56. The summed E-state index contributed by atoms with van der Waals surface area (Å²) in [5.41, 5.74) is 1.31. The minimum absolute atomic E-state index is 0.560. The SMILES string of the molecule is CNC(C)CC(C)c1ccnn1C. The molecule has 0 aliphatic carbocycles. The number of rotatable bonds is 4. The average Bonchev–Trinajstić information content (AvgIpc) is 2.51. The molecule has 1 rings (SSSR count). The largest absolute Gasteiger partial charge is 0.317 e. The molecule has 2 atom stereocenters. The van der Waals surface area contributed by atoms with Crippen LogP contribution in [0.15, 0.2) is 12.3 Å². The van der Waals surface area contributed by atoms with Gasteiger partial charge in [0.1, 0.15) is 0 Å². The molecule has 1 heterocycles. The van der Waals surface area contributed by atoms with Crippen molar-refractivity contribution < 1.29 is 0 Å². The van der Waals surface area contributed by atoms with Crippen LogP contribution in [0.4, 0.5) is 0 Å². The molecule has 0 fully saturated rings. The van der Waals surface area contributed by atoms with Crippen molar-refractivity contribution in [1.82, 2.24) is 15.1 Å². The first-order chi connectivity index (χ1) is 6.15. The van der Waals surface area contributed by atoms with E-state index in [0.717, 1.165) is 6.42 Å². The highest BCUT2D eigenvalue weighted by atomic mass is 15.3. The zero-order valence-electron chi connectivity index (χ0n) is 8.91. The molecule has 2 unspecified atom stereocenters. The summed E-state index contributed by atoms with van der Waals surface area (Å²) < 4.78 is 1.95. The van der Waals surface area contributed by atoms with Gasteiger partial charge in [0.05, 0.1) is 0 Å². The Kier molecular flexibility index (Phi) is 3.48. The van der Waals surface area contributed by atoms with Gasteiger partial charge in [-0.05, 0) is 32.4 Å². The Labute approximate surface area is 80.1 Å². The van der Waals surface area contributed by atoms with Gasteiger partial charge < -0.3 is 5.32 Å². The molecule has 0 saturated heterocycles. The van der Waals surface area contributed by atoms with Crippen molar-refractivity contribution in [2.45, 2.75) is 32.2 Å². The first-order valence-corrected chi connectivity index (χ1v) is 4.80. The highest BCUT2D eigenvalue weighted by Gasteiger charge is 2.11. The predicted molar refractivity (Wildman–Crippen MR) is 54.8 cm³/mol. The van der Waals surface area contributed by atoms with E-state index in [1.807, 2.05) is 25.0 Å². The third kappa shape index (κ3) is 2.56. The number of hydrogen-bond acceptors (Lipinski definition) is 2. The summed E-state index contributed by atoms with van der Waals surface area (Å²) >= 11 is 0. The lowest BCUT2D eigenvalue weighted by Gasteiger charge is -2.16. The molecule has 0 aliphatic heterocycles. The van der Waals surface area contributed by atoms with E-state index in [-0.39, 0.29) is 0 Å². The maximum atomic E-state index is 4.17. The molecule has 0 saturated carbocycles. The molecule has 0 aliphatic rings. The van der Waals surface area contributed by atoms with Gasteiger partial charge in [-0.3, -0.25) is 4.68 Å². The predicted octanol–water partition coefficient (Wildman–Crippen LogP) is 1.52. The normalized spacial score (nSPS) is 15.7. The summed E-state index contributed by atoms with van der Waals surface area (Å²) in [4.78, 5) is 0. The number of nitrogens with one attached hydrogen (secondary N) is 1. The Morgan fingerprint density at radius 3 is 2.69 bits per heavy atom. The average molecular weight is 181 g/mol. The fourth-order valence-electron chi connectivity index (χ4n) is 1.64. The van der Waals surface area contributed by atoms with Crippen molar-refractivity contribution in [3.8, 4) is 0 Å². The van der Waals surface area contributed by atoms with Crippen LogP contribution in [0.2, 0.25) is 0 Å². The summed E-state index contributed by atoms with van der Waals surface area (Å²) in [6.07, 6.45) is 3.01. The molecule has 0 bridgehead atoms. The van der Waals surface area contributed by atoms with E-state index >= 15 is 0 Å². The Bertz CT molecular complexity index is 254. The third-order valence-corrected chi connectivity index (χ3v) is 2.56. The number of aryl methyl sites for hydroxylation is 1. The van der Waals surface area contributed by atoms with Crippen LogP contribution in [-0.2, 0) is 7.05 Å². The molecule has 1 aromatic rings. The second-order valence-corrected chi connectivity index (χ2v) is 3.71. The van der Waals surface area contributed by atoms with Crippen molar-refractivity contribution >= 4 is 0 Å². The van der Waals surface area contributed by atoms with Crippen LogP contribution in [-0.4, -0.2) is 22.9 Å². The number of hydrogen-bond donors (Lipinski definition) is 1. The topological polar surface area (TPSA) is 29.9 Å². The van der Waals surface area contributed by atoms with Crippen LogP contribution < -0.4 is 5.32 Å². The monoisotopic (exact) mass is 181 g/mol. The Hall–Kier alpha value is -0.830. The van der Waals surface area contributed by atoms with E-state index in [2.05, 4.69) is 30.3 Å². The molecule has 0 amide bonds. The lowest BCUT2D eigenvalue weighted by molar-refractivity contribution is 0.496. The molecule has 13 heavy (non-hydrogen) atoms. The first-order valence-electron chi connectivity index (χ1n) is 4.80. The van der Waals surface area contributed by atoms with E-state index in [1.165, 1.54) is 5.69 Å². The zero-order chi connectivity index (χ0) is 9.84. The molecule has 3 nitrogen and oxygen atoms in total. The minimum atomic E-state index is 0.560. The zero-order valence-corrected chi connectivity index (χ0v) is 8.91. The van der Waals surface area contributed by atoms with Gasteiger partial charge in [0.2, 0.25) is 0 Å². The van der Waals surface area contributed by atoms with Crippen LogP contribution in [0.5, 0.6) is 0 Å². The smallest absolute Gasteiger partial charge is 0.0492 e. The first kappa shape index (κ1) is 10.3. The van der Waals surface area contributed by atoms with E-state index in [4.69, 9.17) is 0 Å². The Morgan fingerprint density at radius 1 is 1.54 bits per heavy atom. The molecule has 0 radical (unpaired) electrons. The summed E-state index contributed by atoms with van der Waals surface area (Å²) in [7, 11) is 4.00. The second-order valence-electron chi connectivity index (χ2n) is 3.71. The maximum Gasteiger partial charge on any atom is 0.0492 e. The summed E-state index contributed by atoms with van der Waals surface area (Å²) in [6.45, 7) is 4.44. The van der Waals surface area contributed by atoms with Crippen molar-refractivity contribution in [2.24, 2.45) is 7.05 Å². The second kappa shape index (κ2) is 4.42. The van der Waals surface area contributed by atoms with Crippen LogP contribution in [0, 0.1) is 0 Å². The lowest BCUT2D eigenvalue weighted by Crippen LogP contribution is -2.23.